The molecule has 0 unspecified atom stereocenters. The van der Waals surface area contributed by atoms with Crippen molar-refractivity contribution < 1.29 is 14.8 Å². The average molecular weight is 200 g/mol. The molecule has 1 aromatic heterocycles. The molecule has 0 radical (unpaired) electrons. The molecule has 1 heterocycles. The molecule has 0 aliphatic rings. The fraction of sp³-hybridized carbons (Fsp3) is 0.333. The van der Waals surface area contributed by atoms with Crippen molar-refractivity contribution >= 4 is 5.97 Å². The Bertz CT molecular complexity index is 333. The average Bonchev–Trinajstić information content (AvgIpc) is 2.55. The lowest BCUT2D eigenvalue weighted by Gasteiger charge is -2.14. The third-order valence-electron chi connectivity index (χ3n) is 1.71. The molecule has 0 saturated carbocycles. The first-order valence-corrected chi connectivity index (χ1v) is 3.61. The number of nitro groups is 1. The van der Waals surface area contributed by atoms with E-state index in [1.807, 2.05) is 0 Å². The van der Waals surface area contributed by atoms with Gasteiger partial charge >= 0.3 is 11.6 Å². The quantitative estimate of drug-likeness (QED) is 0.323. The highest BCUT2D eigenvalue weighted by Crippen LogP contribution is 2.09. The summed E-state index contributed by atoms with van der Waals surface area (Å²) in [7, 11) is 0. The fourth-order valence-corrected chi connectivity index (χ4v) is 0.890. The van der Waals surface area contributed by atoms with Crippen LogP contribution in [-0.4, -0.2) is 31.6 Å². The number of nitrogens with one attached hydrogen (secondary N) is 1. The van der Waals surface area contributed by atoms with Crippen LogP contribution in [0.2, 0.25) is 0 Å². The van der Waals surface area contributed by atoms with E-state index in [0.717, 1.165) is 0 Å². The van der Waals surface area contributed by atoms with Crippen LogP contribution in [0.25, 0.3) is 0 Å². The fourth-order valence-electron chi connectivity index (χ4n) is 0.890. The first-order chi connectivity index (χ1) is 6.47. The summed E-state index contributed by atoms with van der Waals surface area (Å²) in [5, 5.41) is 19.1. The Morgan fingerprint density at radius 3 is 2.86 bits per heavy atom. The van der Waals surface area contributed by atoms with Crippen molar-refractivity contribution in [1.82, 2.24) is 9.97 Å². The van der Waals surface area contributed by atoms with E-state index >= 15 is 0 Å². The zero-order chi connectivity index (χ0) is 10.8. The van der Waals surface area contributed by atoms with Gasteiger partial charge in [0.05, 0.1) is 17.7 Å². The Hall–Kier alpha value is -1.96. The second kappa shape index (κ2) is 3.42. The predicted octanol–water partition coefficient (Wildman–Crippen LogP) is -1.03. The monoisotopic (exact) mass is 200 g/mol. The van der Waals surface area contributed by atoms with Gasteiger partial charge in [-0.1, -0.05) is 0 Å². The number of aromatic amines is 1. The number of hydrogen-bond acceptors (Lipinski definition) is 5. The molecule has 0 bridgehead atoms. The van der Waals surface area contributed by atoms with E-state index in [1.54, 1.807) is 0 Å². The predicted molar refractivity (Wildman–Crippen MR) is 43.8 cm³/mol. The third kappa shape index (κ3) is 1.69. The minimum atomic E-state index is -2.51. The van der Waals surface area contributed by atoms with E-state index in [1.165, 1.54) is 12.5 Å². The van der Waals surface area contributed by atoms with Crippen molar-refractivity contribution in [2.24, 2.45) is 5.73 Å². The number of aromatic nitrogens is 2. The number of carboxylic acids is 1. The van der Waals surface area contributed by atoms with Crippen molar-refractivity contribution in [3.8, 4) is 0 Å². The van der Waals surface area contributed by atoms with Gasteiger partial charge in [-0.25, -0.2) is 9.78 Å². The summed E-state index contributed by atoms with van der Waals surface area (Å²) in [6.07, 6.45) is 2.14. The molecule has 0 saturated heterocycles. The molecule has 1 aromatic rings. The van der Waals surface area contributed by atoms with Crippen LogP contribution in [0.5, 0.6) is 0 Å². The van der Waals surface area contributed by atoms with Gasteiger partial charge in [0.1, 0.15) is 0 Å². The van der Waals surface area contributed by atoms with Gasteiger partial charge in [0, 0.05) is 11.9 Å². The standard InChI is InChI=1S/C6H8N4O4/c7-6(5(11)12,10(13)14)1-4-2-8-3-9-4/h2-3H,1,7H2,(H,8,9)(H,11,12)/t6-/m1/s1. The van der Waals surface area contributed by atoms with Crippen molar-refractivity contribution in [2.75, 3.05) is 0 Å². The van der Waals surface area contributed by atoms with Crippen LogP contribution in [0.1, 0.15) is 5.69 Å². The largest absolute Gasteiger partial charge is 0.475 e. The molecule has 0 aliphatic heterocycles. The van der Waals surface area contributed by atoms with Gasteiger partial charge in [-0.05, 0) is 0 Å². The molecule has 0 spiro atoms. The Labute approximate surface area is 77.9 Å². The molecule has 8 heteroatoms. The summed E-state index contributed by atoms with van der Waals surface area (Å²) < 4.78 is 0. The normalized spacial score (nSPS) is 14.6. The molecule has 1 atom stereocenters. The molecular weight excluding hydrogens is 192 g/mol. The van der Waals surface area contributed by atoms with Crippen molar-refractivity contribution in [2.45, 2.75) is 12.1 Å². The van der Waals surface area contributed by atoms with Crippen LogP contribution < -0.4 is 5.73 Å². The van der Waals surface area contributed by atoms with E-state index in [0.29, 0.717) is 5.69 Å². The van der Waals surface area contributed by atoms with Crippen LogP contribution in [0.3, 0.4) is 0 Å². The number of nitrogens with zero attached hydrogens (tertiary/aromatic N) is 2. The highest BCUT2D eigenvalue weighted by Gasteiger charge is 2.47. The second-order valence-electron chi connectivity index (χ2n) is 2.74. The number of imidazole rings is 1. The number of H-pyrrole nitrogens is 1. The van der Waals surface area contributed by atoms with E-state index in [4.69, 9.17) is 10.8 Å². The van der Waals surface area contributed by atoms with Crippen LogP contribution >= 0.6 is 0 Å². The summed E-state index contributed by atoms with van der Waals surface area (Å²) >= 11 is 0. The first kappa shape index (κ1) is 10.1. The van der Waals surface area contributed by atoms with Crippen molar-refractivity contribution in [3.63, 3.8) is 0 Å². The summed E-state index contributed by atoms with van der Waals surface area (Å²) in [6, 6.07) is 0. The molecule has 76 valence electrons. The van der Waals surface area contributed by atoms with Gasteiger partial charge in [0.15, 0.2) is 0 Å². The Kier molecular flexibility index (Phi) is 2.47. The molecule has 8 nitrogen and oxygen atoms in total. The maximum absolute atomic E-state index is 10.6. The van der Waals surface area contributed by atoms with Gasteiger partial charge in [-0.15, -0.1) is 0 Å². The summed E-state index contributed by atoms with van der Waals surface area (Å²) in [5.41, 5.74) is 2.92. The zero-order valence-electron chi connectivity index (χ0n) is 7.01. The minimum absolute atomic E-state index is 0.298. The van der Waals surface area contributed by atoms with E-state index in [-0.39, 0.29) is 0 Å². The number of carbonyl (C=O) groups is 1. The van der Waals surface area contributed by atoms with Crippen LogP contribution in [0.15, 0.2) is 12.5 Å². The van der Waals surface area contributed by atoms with Gasteiger partial charge in [-0.3, -0.25) is 15.8 Å². The molecule has 0 aliphatic carbocycles. The Balaban J connectivity index is 2.91. The SMILES string of the molecule is N[C@@](Cc1cnc[nH]1)(C(=O)O)[N+](=O)[O-]. The van der Waals surface area contributed by atoms with E-state index in [9.17, 15) is 14.9 Å². The van der Waals surface area contributed by atoms with E-state index in [2.05, 4.69) is 9.97 Å². The summed E-state index contributed by atoms with van der Waals surface area (Å²) in [6.45, 7) is 0. The second-order valence-corrected chi connectivity index (χ2v) is 2.74. The van der Waals surface area contributed by atoms with Crippen molar-refractivity contribution in [1.29, 1.82) is 0 Å². The smallest absolute Gasteiger partial charge is 0.399 e. The maximum atomic E-state index is 10.6. The highest BCUT2D eigenvalue weighted by molar-refractivity contribution is 5.76. The highest BCUT2D eigenvalue weighted by atomic mass is 16.6. The number of hydrogen-bond donors (Lipinski definition) is 3. The number of carboxylic acid groups (broad SMARTS) is 1. The molecule has 0 aromatic carbocycles. The van der Waals surface area contributed by atoms with Gasteiger partial charge in [-0.2, -0.15) is 0 Å². The molecule has 0 fully saturated rings. The third-order valence-corrected chi connectivity index (χ3v) is 1.71. The molecular formula is C6H8N4O4. The maximum Gasteiger partial charge on any atom is 0.399 e. The van der Waals surface area contributed by atoms with Crippen LogP contribution in [0, 0.1) is 10.1 Å². The number of rotatable bonds is 4. The summed E-state index contributed by atoms with van der Waals surface area (Å²) in [5.74, 6) is -1.68. The lowest BCUT2D eigenvalue weighted by Crippen LogP contribution is -2.56. The number of aliphatic carboxylic acids is 1. The molecule has 4 N–H and O–H groups in total. The zero-order valence-corrected chi connectivity index (χ0v) is 7.01. The topological polar surface area (TPSA) is 135 Å². The van der Waals surface area contributed by atoms with Crippen molar-refractivity contribution in [3.05, 3.63) is 28.3 Å². The van der Waals surface area contributed by atoms with Crippen LogP contribution in [0.4, 0.5) is 0 Å². The lowest BCUT2D eigenvalue weighted by molar-refractivity contribution is -0.554. The molecule has 1 rings (SSSR count). The Morgan fingerprint density at radius 2 is 2.50 bits per heavy atom. The molecule has 14 heavy (non-hydrogen) atoms. The van der Waals surface area contributed by atoms with Crippen LogP contribution in [-0.2, 0) is 11.2 Å². The van der Waals surface area contributed by atoms with Gasteiger partial charge in [0.2, 0.25) is 0 Å². The lowest BCUT2D eigenvalue weighted by atomic mass is 10.1. The molecule has 0 amide bonds. The Morgan fingerprint density at radius 1 is 1.86 bits per heavy atom. The van der Waals surface area contributed by atoms with Gasteiger partial charge in [0.25, 0.3) is 0 Å². The minimum Gasteiger partial charge on any atom is -0.475 e. The number of nitrogens with two attached hydrogens (primary N) is 1. The first-order valence-electron chi connectivity index (χ1n) is 3.61. The van der Waals surface area contributed by atoms with Gasteiger partial charge < -0.3 is 10.1 Å². The van der Waals surface area contributed by atoms with E-state index < -0.39 is 23.0 Å². The summed E-state index contributed by atoms with van der Waals surface area (Å²) in [4.78, 5) is 26.2.